The minimum atomic E-state index is -0.574. The van der Waals surface area contributed by atoms with Gasteiger partial charge in [-0.3, -0.25) is 4.79 Å². The van der Waals surface area contributed by atoms with Crippen molar-refractivity contribution in [2.75, 3.05) is 7.11 Å². The Morgan fingerprint density at radius 2 is 2.19 bits per heavy atom. The number of hydrogen-bond acceptors (Lipinski definition) is 6. The average Bonchev–Trinajstić information content (AvgIpc) is 2.89. The van der Waals surface area contributed by atoms with Crippen LogP contribution < -0.4 is 0 Å². The lowest BCUT2D eigenvalue weighted by Crippen LogP contribution is -2.07. The van der Waals surface area contributed by atoms with Crippen molar-refractivity contribution < 1.29 is 14.3 Å². The number of ether oxygens (including phenoxy) is 1. The van der Waals surface area contributed by atoms with Crippen molar-refractivity contribution in [2.45, 2.75) is 17.6 Å². The highest BCUT2D eigenvalue weighted by Crippen LogP contribution is 2.29. The number of rotatable bonds is 5. The van der Waals surface area contributed by atoms with E-state index in [2.05, 4.69) is 25.7 Å². The Kier molecular flexibility index (Phi) is 5.55. The number of halogens is 1. The van der Waals surface area contributed by atoms with Crippen LogP contribution >= 0.6 is 39.0 Å². The molecule has 0 radical (unpaired) electrons. The number of hydrogen-bond donors (Lipinski definition) is 0. The lowest BCUT2D eigenvalue weighted by atomic mass is 10.3. The third-order valence-corrected chi connectivity index (χ3v) is 5.37. The van der Waals surface area contributed by atoms with E-state index < -0.39 is 5.97 Å². The van der Waals surface area contributed by atoms with Gasteiger partial charge in [-0.25, -0.2) is 9.78 Å². The molecule has 0 amide bonds. The number of Topliss-reactive ketones (excluding diaryl/α,β-unsaturated/α-hetero) is 1. The normalized spacial score (nSPS) is 10.4. The molecule has 0 saturated heterocycles. The Bertz CT molecular complexity index is 685. The maximum absolute atomic E-state index is 11.6. The standard InChI is InChI=1S/C14H12BrNO3S2/c1-8(17)13-12(14(18)19-2)16-11(21-13)7-20-10-5-3-4-9(15)6-10/h3-6H,7H2,1-2H3. The Labute approximate surface area is 139 Å². The number of nitrogens with zero attached hydrogens (tertiary/aromatic N) is 1. The van der Waals surface area contributed by atoms with E-state index in [1.54, 1.807) is 11.8 Å². The van der Waals surface area contributed by atoms with Crippen LogP contribution in [0, 0.1) is 0 Å². The zero-order valence-electron chi connectivity index (χ0n) is 11.4. The van der Waals surface area contributed by atoms with Gasteiger partial charge in [-0.1, -0.05) is 22.0 Å². The van der Waals surface area contributed by atoms with Gasteiger partial charge in [0.2, 0.25) is 0 Å². The summed E-state index contributed by atoms with van der Waals surface area (Å²) in [5.41, 5.74) is 0.111. The fourth-order valence-corrected chi connectivity index (χ4v) is 4.05. The van der Waals surface area contributed by atoms with Crippen LogP contribution in [0.2, 0.25) is 0 Å². The average molecular weight is 386 g/mol. The quantitative estimate of drug-likeness (QED) is 0.438. The molecule has 1 aromatic heterocycles. The number of carbonyl (C=O) groups excluding carboxylic acids is 2. The van der Waals surface area contributed by atoms with Crippen LogP contribution in [-0.2, 0) is 10.5 Å². The molecule has 110 valence electrons. The predicted molar refractivity (Wildman–Crippen MR) is 87.2 cm³/mol. The molecule has 0 spiro atoms. The number of thiazole rings is 1. The minimum absolute atomic E-state index is 0.111. The first-order chi connectivity index (χ1) is 10.0. The van der Waals surface area contributed by atoms with Crippen molar-refractivity contribution in [3.63, 3.8) is 0 Å². The van der Waals surface area contributed by atoms with E-state index in [9.17, 15) is 9.59 Å². The molecule has 2 aromatic rings. The summed E-state index contributed by atoms with van der Waals surface area (Å²) in [6.45, 7) is 1.42. The lowest BCUT2D eigenvalue weighted by Gasteiger charge is -1.99. The third-order valence-electron chi connectivity index (χ3n) is 2.53. The molecule has 4 nitrogen and oxygen atoms in total. The molecular formula is C14H12BrNO3S2. The summed E-state index contributed by atoms with van der Waals surface area (Å²) in [6, 6.07) is 7.91. The molecule has 0 aliphatic heterocycles. The Morgan fingerprint density at radius 1 is 1.43 bits per heavy atom. The molecule has 0 aliphatic rings. The predicted octanol–water partition coefficient (Wildman–Crippen LogP) is 4.19. The van der Waals surface area contributed by atoms with Crippen LogP contribution in [0.4, 0.5) is 0 Å². The van der Waals surface area contributed by atoms with Crippen LogP contribution in [0.15, 0.2) is 33.6 Å². The van der Waals surface area contributed by atoms with E-state index in [0.29, 0.717) is 10.6 Å². The molecule has 1 heterocycles. The molecule has 0 bridgehead atoms. The molecule has 0 unspecified atom stereocenters. The molecule has 1 aromatic carbocycles. The molecule has 0 atom stereocenters. The number of esters is 1. The summed E-state index contributed by atoms with van der Waals surface area (Å²) in [4.78, 5) is 28.9. The number of carbonyl (C=O) groups is 2. The first kappa shape index (κ1) is 16.2. The van der Waals surface area contributed by atoms with Crippen LogP contribution in [0.3, 0.4) is 0 Å². The second-order valence-corrected chi connectivity index (χ2v) is 7.13. The summed E-state index contributed by atoms with van der Waals surface area (Å²) < 4.78 is 5.66. The number of ketones is 1. The van der Waals surface area contributed by atoms with Crippen molar-refractivity contribution >= 4 is 50.8 Å². The zero-order chi connectivity index (χ0) is 15.4. The van der Waals surface area contributed by atoms with Crippen molar-refractivity contribution in [2.24, 2.45) is 0 Å². The van der Waals surface area contributed by atoms with Gasteiger partial charge in [0, 0.05) is 16.3 Å². The van der Waals surface area contributed by atoms with Gasteiger partial charge in [0.1, 0.15) is 9.88 Å². The fourth-order valence-electron chi connectivity index (χ4n) is 1.60. The smallest absolute Gasteiger partial charge is 0.358 e. The number of aromatic nitrogens is 1. The van der Waals surface area contributed by atoms with Gasteiger partial charge in [0.25, 0.3) is 0 Å². The molecule has 7 heteroatoms. The highest BCUT2D eigenvalue weighted by atomic mass is 79.9. The molecule has 2 rings (SSSR count). The zero-order valence-corrected chi connectivity index (χ0v) is 14.6. The second-order valence-electron chi connectivity index (χ2n) is 4.08. The maximum Gasteiger partial charge on any atom is 0.358 e. The van der Waals surface area contributed by atoms with Gasteiger partial charge in [0.05, 0.1) is 12.9 Å². The minimum Gasteiger partial charge on any atom is -0.464 e. The molecule has 0 N–H and O–H groups in total. The van der Waals surface area contributed by atoms with Gasteiger partial charge in [-0.15, -0.1) is 23.1 Å². The first-order valence-corrected chi connectivity index (χ1v) is 8.58. The van der Waals surface area contributed by atoms with E-state index >= 15 is 0 Å². The molecular weight excluding hydrogens is 374 g/mol. The van der Waals surface area contributed by atoms with Crippen LogP contribution in [-0.4, -0.2) is 23.8 Å². The monoisotopic (exact) mass is 385 g/mol. The number of methoxy groups -OCH3 is 1. The number of benzene rings is 1. The van der Waals surface area contributed by atoms with Gasteiger partial charge in [-0.05, 0) is 18.2 Å². The molecule has 21 heavy (non-hydrogen) atoms. The molecule has 0 saturated carbocycles. The molecule has 0 aliphatic carbocycles. The molecule has 0 fully saturated rings. The first-order valence-electron chi connectivity index (χ1n) is 5.98. The second kappa shape index (κ2) is 7.20. The van der Waals surface area contributed by atoms with Crippen molar-refractivity contribution in [3.8, 4) is 0 Å². The van der Waals surface area contributed by atoms with Gasteiger partial charge in [0.15, 0.2) is 11.5 Å². The largest absolute Gasteiger partial charge is 0.464 e. The fraction of sp³-hybridized carbons (Fsp3) is 0.214. The third kappa shape index (κ3) is 4.15. The van der Waals surface area contributed by atoms with E-state index in [-0.39, 0.29) is 11.5 Å². The highest BCUT2D eigenvalue weighted by Gasteiger charge is 2.21. The van der Waals surface area contributed by atoms with Gasteiger partial charge in [-0.2, -0.15) is 0 Å². The van der Waals surface area contributed by atoms with E-state index in [0.717, 1.165) is 14.4 Å². The van der Waals surface area contributed by atoms with E-state index in [1.165, 1.54) is 25.4 Å². The van der Waals surface area contributed by atoms with Gasteiger partial charge >= 0.3 is 5.97 Å². The van der Waals surface area contributed by atoms with Crippen molar-refractivity contribution in [1.82, 2.24) is 4.98 Å². The van der Waals surface area contributed by atoms with Crippen molar-refractivity contribution in [3.05, 3.63) is 44.3 Å². The Balaban J connectivity index is 2.17. The lowest BCUT2D eigenvalue weighted by molar-refractivity contribution is 0.0591. The summed E-state index contributed by atoms with van der Waals surface area (Å²) in [7, 11) is 1.28. The van der Waals surface area contributed by atoms with Crippen molar-refractivity contribution in [1.29, 1.82) is 0 Å². The van der Waals surface area contributed by atoms with Gasteiger partial charge < -0.3 is 4.74 Å². The van der Waals surface area contributed by atoms with Crippen LogP contribution in [0.5, 0.6) is 0 Å². The highest BCUT2D eigenvalue weighted by molar-refractivity contribution is 9.10. The topological polar surface area (TPSA) is 56.3 Å². The maximum atomic E-state index is 11.6. The summed E-state index contributed by atoms with van der Waals surface area (Å²) in [5.74, 6) is -0.153. The van der Waals surface area contributed by atoms with E-state index in [1.807, 2.05) is 24.3 Å². The SMILES string of the molecule is COC(=O)c1nc(CSc2cccc(Br)c2)sc1C(C)=O. The Hall–Kier alpha value is -1.18. The summed E-state index contributed by atoms with van der Waals surface area (Å²) in [6.07, 6.45) is 0. The summed E-state index contributed by atoms with van der Waals surface area (Å²) in [5, 5.41) is 0.727. The van der Waals surface area contributed by atoms with Crippen LogP contribution in [0.25, 0.3) is 0 Å². The summed E-state index contributed by atoms with van der Waals surface area (Å²) >= 11 is 6.26. The number of thioether (sulfide) groups is 1. The van der Waals surface area contributed by atoms with Crippen LogP contribution in [0.1, 0.15) is 32.1 Å². The van der Waals surface area contributed by atoms with E-state index in [4.69, 9.17) is 0 Å². The Morgan fingerprint density at radius 3 is 2.81 bits per heavy atom.